The van der Waals surface area contributed by atoms with Gasteiger partial charge >= 0.3 is 0 Å². The number of ether oxygens (including phenoxy) is 1. The number of hydrogen-bond acceptors (Lipinski definition) is 3. The molecular formula is C16H22N2O2. The Kier molecular flexibility index (Phi) is 7.20. The van der Waals surface area contributed by atoms with Crippen LogP contribution < -0.4 is 10.1 Å². The predicted octanol–water partition coefficient (Wildman–Crippen LogP) is 3.02. The van der Waals surface area contributed by atoms with E-state index in [1.165, 1.54) is 12.8 Å². The molecule has 0 fully saturated rings. The van der Waals surface area contributed by atoms with Crippen LogP contribution in [0.4, 0.5) is 0 Å². The lowest BCUT2D eigenvalue weighted by Crippen LogP contribution is -2.36. The van der Waals surface area contributed by atoms with Crippen LogP contribution in [-0.4, -0.2) is 18.6 Å². The van der Waals surface area contributed by atoms with Crippen molar-refractivity contribution in [3.63, 3.8) is 0 Å². The minimum Gasteiger partial charge on any atom is -0.481 e. The summed E-state index contributed by atoms with van der Waals surface area (Å²) < 4.78 is 5.53. The molecule has 1 rings (SSSR count). The topological polar surface area (TPSA) is 62.1 Å². The van der Waals surface area contributed by atoms with E-state index in [4.69, 9.17) is 10.00 Å². The Labute approximate surface area is 120 Å². The van der Waals surface area contributed by atoms with Gasteiger partial charge in [-0.3, -0.25) is 4.79 Å². The van der Waals surface area contributed by atoms with Crippen molar-refractivity contribution in [3.05, 3.63) is 29.8 Å². The minimum absolute atomic E-state index is 0.106. The summed E-state index contributed by atoms with van der Waals surface area (Å²) >= 11 is 0. The number of amides is 1. The van der Waals surface area contributed by atoms with Crippen LogP contribution in [0, 0.1) is 11.3 Å². The van der Waals surface area contributed by atoms with Crippen molar-refractivity contribution in [2.75, 3.05) is 6.54 Å². The maximum absolute atomic E-state index is 11.8. The first kappa shape index (κ1) is 16.0. The molecule has 4 heteroatoms. The summed E-state index contributed by atoms with van der Waals surface area (Å²) in [6.07, 6.45) is 4.00. The fourth-order valence-electron chi connectivity index (χ4n) is 1.77. The largest absolute Gasteiger partial charge is 0.481 e. The Hall–Kier alpha value is -2.02. The van der Waals surface area contributed by atoms with Crippen molar-refractivity contribution in [1.82, 2.24) is 5.32 Å². The average molecular weight is 274 g/mol. The van der Waals surface area contributed by atoms with E-state index in [9.17, 15) is 4.79 Å². The molecule has 1 aromatic carbocycles. The van der Waals surface area contributed by atoms with Gasteiger partial charge in [0.05, 0.1) is 11.6 Å². The fourth-order valence-corrected chi connectivity index (χ4v) is 1.77. The minimum atomic E-state index is -0.533. The van der Waals surface area contributed by atoms with Crippen LogP contribution in [0.25, 0.3) is 0 Å². The van der Waals surface area contributed by atoms with Crippen LogP contribution in [0.15, 0.2) is 24.3 Å². The number of nitriles is 1. The summed E-state index contributed by atoms with van der Waals surface area (Å²) in [5.74, 6) is 0.489. The summed E-state index contributed by atoms with van der Waals surface area (Å²) in [7, 11) is 0. The third kappa shape index (κ3) is 5.75. The van der Waals surface area contributed by atoms with Gasteiger partial charge in [0.25, 0.3) is 5.91 Å². The van der Waals surface area contributed by atoms with Gasteiger partial charge in [0, 0.05) is 6.54 Å². The van der Waals surface area contributed by atoms with Gasteiger partial charge in [-0.25, -0.2) is 0 Å². The SMILES string of the molecule is CCCCCCNC(=O)C(C)Oc1ccc(C#N)cc1. The zero-order valence-electron chi connectivity index (χ0n) is 12.2. The number of nitrogens with zero attached hydrogens (tertiary/aromatic N) is 1. The number of unbranched alkanes of at least 4 members (excludes halogenated alkanes) is 3. The van der Waals surface area contributed by atoms with E-state index in [1.807, 2.05) is 6.07 Å². The molecule has 0 aromatic heterocycles. The first-order valence-corrected chi connectivity index (χ1v) is 7.12. The van der Waals surface area contributed by atoms with E-state index in [1.54, 1.807) is 31.2 Å². The van der Waals surface area contributed by atoms with Gasteiger partial charge in [-0.05, 0) is 37.6 Å². The molecule has 0 aliphatic carbocycles. The molecule has 1 amide bonds. The third-order valence-electron chi connectivity index (χ3n) is 3.00. The van der Waals surface area contributed by atoms with Gasteiger partial charge in [-0.15, -0.1) is 0 Å². The van der Waals surface area contributed by atoms with E-state index in [0.717, 1.165) is 12.8 Å². The van der Waals surface area contributed by atoms with E-state index in [-0.39, 0.29) is 5.91 Å². The Morgan fingerprint density at radius 3 is 2.60 bits per heavy atom. The number of nitrogens with one attached hydrogen (secondary N) is 1. The van der Waals surface area contributed by atoms with Gasteiger partial charge in [0.1, 0.15) is 5.75 Å². The second-order valence-electron chi connectivity index (χ2n) is 4.75. The van der Waals surface area contributed by atoms with Gasteiger partial charge in [-0.2, -0.15) is 5.26 Å². The van der Waals surface area contributed by atoms with Crippen LogP contribution in [0.1, 0.15) is 45.1 Å². The van der Waals surface area contributed by atoms with Crippen LogP contribution >= 0.6 is 0 Å². The quantitative estimate of drug-likeness (QED) is 0.741. The normalized spacial score (nSPS) is 11.4. The molecule has 0 saturated carbocycles. The summed E-state index contributed by atoms with van der Waals surface area (Å²) in [6.45, 7) is 4.57. The van der Waals surface area contributed by atoms with Gasteiger partial charge in [0.2, 0.25) is 0 Å². The van der Waals surface area contributed by atoms with E-state index < -0.39 is 6.10 Å². The molecule has 1 N–H and O–H groups in total. The second-order valence-corrected chi connectivity index (χ2v) is 4.75. The molecule has 1 atom stereocenters. The molecule has 0 heterocycles. The zero-order chi connectivity index (χ0) is 14.8. The lowest BCUT2D eigenvalue weighted by Gasteiger charge is -2.14. The Balaban J connectivity index is 2.31. The number of carbonyl (C=O) groups is 1. The Morgan fingerprint density at radius 2 is 2.00 bits per heavy atom. The van der Waals surface area contributed by atoms with E-state index in [0.29, 0.717) is 17.9 Å². The van der Waals surface area contributed by atoms with E-state index >= 15 is 0 Å². The highest BCUT2D eigenvalue weighted by molar-refractivity contribution is 5.80. The van der Waals surface area contributed by atoms with Crippen LogP contribution in [0.5, 0.6) is 5.75 Å². The molecule has 20 heavy (non-hydrogen) atoms. The van der Waals surface area contributed by atoms with Crippen molar-refractivity contribution in [2.24, 2.45) is 0 Å². The standard InChI is InChI=1S/C16H22N2O2/c1-3-4-5-6-11-18-16(19)13(2)20-15-9-7-14(12-17)8-10-15/h7-10,13H,3-6,11H2,1-2H3,(H,18,19). The molecule has 1 aromatic rings. The van der Waals surface area contributed by atoms with Crippen molar-refractivity contribution in [3.8, 4) is 11.8 Å². The van der Waals surface area contributed by atoms with Crippen molar-refractivity contribution >= 4 is 5.91 Å². The smallest absolute Gasteiger partial charge is 0.260 e. The van der Waals surface area contributed by atoms with Crippen LogP contribution in [0.2, 0.25) is 0 Å². The molecule has 1 unspecified atom stereocenters. The molecule has 4 nitrogen and oxygen atoms in total. The van der Waals surface area contributed by atoms with Gasteiger partial charge in [0.15, 0.2) is 6.10 Å². The summed E-state index contributed by atoms with van der Waals surface area (Å²) in [5.41, 5.74) is 0.574. The predicted molar refractivity (Wildman–Crippen MR) is 78.4 cm³/mol. The molecule has 0 spiro atoms. The second kappa shape index (κ2) is 8.98. The molecule has 0 radical (unpaired) electrons. The molecule has 0 saturated heterocycles. The highest BCUT2D eigenvalue weighted by atomic mass is 16.5. The lowest BCUT2D eigenvalue weighted by atomic mass is 10.2. The average Bonchev–Trinajstić information content (AvgIpc) is 2.47. The zero-order valence-corrected chi connectivity index (χ0v) is 12.2. The maximum atomic E-state index is 11.8. The van der Waals surface area contributed by atoms with Gasteiger partial charge < -0.3 is 10.1 Å². The highest BCUT2D eigenvalue weighted by Crippen LogP contribution is 2.13. The number of carbonyl (C=O) groups excluding carboxylic acids is 1. The highest BCUT2D eigenvalue weighted by Gasteiger charge is 2.13. The first-order chi connectivity index (χ1) is 9.67. The summed E-state index contributed by atoms with van der Waals surface area (Å²) in [4.78, 5) is 11.8. The fraction of sp³-hybridized carbons (Fsp3) is 0.500. The first-order valence-electron chi connectivity index (χ1n) is 7.12. The van der Waals surface area contributed by atoms with Crippen molar-refractivity contribution in [1.29, 1.82) is 5.26 Å². The number of benzene rings is 1. The molecule has 108 valence electrons. The molecule has 0 aliphatic heterocycles. The third-order valence-corrected chi connectivity index (χ3v) is 3.00. The Bertz CT molecular complexity index is 449. The molecular weight excluding hydrogens is 252 g/mol. The summed E-state index contributed by atoms with van der Waals surface area (Å²) in [5, 5.41) is 11.6. The van der Waals surface area contributed by atoms with E-state index in [2.05, 4.69) is 12.2 Å². The van der Waals surface area contributed by atoms with Crippen LogP contribution in [-0.2, 0) is 4.79 Å². The molecule has 0 aliphatic rings. The monoisotopic (exact) mass is 274 g/mol. The summed E-state index contributed by atoms with van der Waals surface area (Å²) in [6, 6.07) is 8.78. The van der Waals surface area contributed by atoms with Gasteiger partial charge in [-0.1, -0.05) is 26.2 Å². The maximum Gasteiger partial charge on any atom is 0.260 e. The number of rotatable bonds is 8. The number of hydrogen-bond donors (Lipinski definition) is 1. The van der Waals surface area contributed by atoms with Crippen LogP contribution in [0.3, 0.4) is 0 Å². The molecule has 0 bridgehead atoms. The van der Waals surface area contributed by atoms with Crippen molar-refractivity contribution in [2.45, 2.75) is 45.6 Å². The lowest BCUT2D eigenvalue weighted by molar-refractivity contribution is -0.127. The Morgan fingerprint density at radius 1 is 1.30 bits per heavy atom. The van der Waals surface area contributed by atoms with Crippen molar-refractivity contribution < 1.29 is 9.53 Å².